The van der Waals surface area contributed by atoms with Crippen LogP contribution in [0.1, 0.15) is 59.8 Å². The Morgan fingerprint density at radius 1 is 1.06 bits per heavy atom. The SMILES string of the molecule is CC(=O)[C@](C)([C]=O)N1C(=O)C(N)CCCC(NC(=O)[C@H](CCC(=O)O)NC(=O)[C@H](C)NC(=O)C(C)O[C@@H]2[C@@H](N)[C@@H](O)O[C@H](CO)[C@H]2O)C1=O. The maximum atomic E-state index is 13.5. The van der Waals surface area contributed by atoms with Gasteiger partial charge in [0.15, 0.2) is 17.6 Å². The Balaban J connectivity index is 2.19. The summed E-state index contributed by atoms with van der Waals surface area (Å²) < 4.78 is 10.5. The molecule has 0 aromatic heterocycles. The molecular formula is C29H45N6O14. The number of aliphatic hydroxyl groups is 3. The van der Waals surface area contributed by atoms with Gasteiger partial charge in [-0.15, -0.1) is 0 Å². The number of carbonyl (C=O) groups excluding carboxylic acids is 7. The predicted molar refractivity (Wildman–Crippen MR) is 163 cm³/mol. The first kappa shape index (κ1) is 41.3. The summed E-state index contributed by atoms with van der Waals surface area (Å²) in [5, 5.41) is 45.9. The Morgan fingerprint density at radius 3 is 2.24 bits per heavy atom. The van der Waals surface area contributed by atoms with Gasteiger partial charge in [-0.25, -0.2) is 0 Å². The molecule has 1 radical (unpaired) electrons. The smallest absolute Gasteiger partial charge is 0.303 e. The van der Waals surface area contributed by atoms with Crippen molar-refractivity contribution in [2.75, 3.05) is 6.61 Å². The van der Waals surface area contributed by atoms with Crippen LogP contribution in [0.4, 0.5) is 0 Å². The summed E-state index contributed by atoms with van der Waals surface area (Å²) in [5.41, 5.74) is 9.34. The number of carboxylic acid groups (broad SMARTS) is 1. The molecule has 2 heterocycles. The Labute approximate surface area is 281 Å². The number of nitrogens with two attached hydrogens (primary N) is 2. The fourth-order valence-corrected chi connectivity index (χ4v) is 5.14. The van der Waals surface area contributed by atoms with Crippen molar-refractivity contribution in [1.29, 1.82) is 0 Å². The normalized spacial score (nSPS) is 29.2. The zero-order chi connectivity index (χ0) is 37.4. The van der Waals surface area contributed by atoms with E-state index >= 15 is 0 Å². The van der Waals surface area contributed by atoms with Gasteiger partial charge in [-0.1, -0.05) is 0 Å². The largest absolute Gasteiger partial charge is 0.481 e. The van der Waals surface area contributed by atoms with Gasteiger partial charge in [-0.2, -0.15) is 0 Å². The molecule has 0 aromatic carbocycles. The van der Waals surface area contributed by atoms with E-state index in [1.54, 1.807) is 0 Å². The molecule has 0 spiro atoms. The van der Waals surface area contributed by atoms with E-state index in [0.29, 0.717) is 4.90 Å². The number of hydrogen-bond acceptors (Lipinski definition) is 15. The van der Waals surface area contributed by atoms with E-state index in [1.807, 2.05) is 0 Å². The summed E-state index contributed by atoms with van der Waals surface area (Å²) in [6, 6.07) is -6.97. The van der Waals surface area contributed by atoms with Crippen molar-refractivity contribution in [3.05, 3.63) is 0 Å². The number of imide groups is 1. The van der Waals surface area contributed by atoms with Crippen LogP contribution in [0.25, 0.3) is 0 Å². The van der Waals surface area contributed by atoms with Crippen LogP contribution in [0.3, 0.4) is 0 Å². The quantitative estimate of drug-likeness (QED) is 0.0569. The standard InChI is InChI=1S/C29H45N6O14/c1-12(32-24(43)13(2)48-22-20(31)28(47)49-18(10-36)21(22)41)23(42)33-16(8-9-19(39)40)25(44)34-17-7-5-6-15(30)26(45)35(27(17)46)29(4,11-37)14(3)38/h12-13,15-18,20-22,28,36,41,47H,5-10,30-31H2,1-4H3,(H,32,43)(H,33,42)(H,34,44)(H,39,40)/t12-,13?,15?,16-,17?,18+,20+,21+,22+,28-,29-/m0/s1. The monoisotopic (exact) mass is 701 g/mol. The molecule has 5 amide bonds. The molecule has 11 N–H and O–H groups in total. The lowest BCUT2D eigenvalue weighted by Crippen LogP contribution is -2.66. The highest BCUT2D eigenvalue weighted by Gasteiger charge is 2.49. The molecule has 2 fully saturated rings. The van der Waals surface area contributed by atoms with Gasteiger partial charge in [0.25, 0.3) is 5.91 Å². The van der Waals surface area contributed by atoms with Gasteiger partial charge in [-0.3, -0.25) is 43.3 Å². The molecular weight excluding hydrogens is 656 g/mol. The Morgan fingerprint density at radius 2 is 1.69 bits per heavy atom. The third kappa shape index (κ3) is 10.1. The van der Waals surface area contributed by atoms with Crippen LogP contribution in [0.5, 0.6) is 0 Å². The summed E-state index contributed by atoms with van der Waals surface area (Å²) in [6.45, 7) is 3.76. The van der Waals surface area contributed by atoms with Gasteiger partial charge >= 0.3 is 5.97 Å². The molecule has 11 atom stereocenters. The Kier molecular flexibility index (Phi) is 14.9. The fraction of sp³-hybridized carbons (Fsp3) is 0.724. The molecule has 2 aliphatic heterocycles. The van der Waals surface area contributed by atoms with Gasteiger partial charge in [0.2, 0.25) is 29.9 Å². The maximum Gasteiger partial charge on any atom is 0.303 e. The number of amides is 5. The highest BCUT2D eigenvalue weighted by atomic mass is 16.6. The van der Waals surface area contributed by atoms with E-state index in [1.165, 1.54) is 20.1 Å². The zero-order valence-corrected chi connectivity index (χ0v) is 27.5. The Bertz CT molecular complexity index is 1280. The average molecular weight is 702 g/mol. The summed E-state index contributed by atoms with van der Waals surface area (Å²) in [5.74, 6) is -7.30. The van der Waals surface area contributed by atoms with Crippen molar-refractivity contribution in [3.8, 4) is 0 Å². The molecule has 0 saturated carbocycles. The lowest BCUT2D eigenvalue weighted by Gasteiger charge is -2.41. The van der Waals surface area contributed by atoms with E-state index in [0.717, 1.165) is 13.8 Å². The number of Topliss-reactive ketones (excluding diaryl/α,β-unsaturated/α-hetero) is 1. The number of hydrogen-bond donors (Lipinski definition) is 9. The molecule has 0 aliphatic carbocycles. The number of rotatable bonds is 15. The van der Waals surface area contributed by atoms with Crippen LogP contribution in [-0.4, -0.2) is 146 Å². The molecule has 2 rings (SSSR count). The van der Waals surface area contributed by atoms with Crippen LogP contribution in [-0.2, 0) is 47.8 Å². The van der Waals surface area contributed by atoms with Crippen LogP contribution in [0, 0.1) is 0 Å². The number of ether oxygens (including phenoxy) is 2. The minimum absolute atomic E-state index is 0.0301. The van der Waals surface area contributed by atoms with Crippen molar-refractivity contribution < 1.29 is 68.3 Å². The number of nitrogens with one attached hydrogen (secondary N) is 3. The zero-order valence-electron chi connectivity index (χ0n) is 27.5. The second kappa shape index (κ2) is 17.7. The van der Waals surface area contributed by atoms with Crippen molar-refractivity contribution in [2.24, 2.45) is 11.5 Å². The molecule has 49 heavy (non-hydrogen) atoms. The molecule has 20 heteroatoms. The fourth-order valence-electron chi connectivity index (χ4n) is 5.14. The predicted octanol–water partition coefficient (Wildman–Crippen LogP) is -5.18. The second-order valence-electron chi connectivity index (χ2n) is 12.1. The molecule has 275 valence electrons. The van der Waals surface area contributed by atoms with Gasteiger partial charge in [0.1, 0.15) is 42.5 Å². The minimum Gasteiger partial charge on any atom is -0.481 e. The molecule has 2 saturated heterocycles. The number of carbonyl (C=O) groups is 7. The van der Waals surface area contributed by atoms with E-state index < -0.39 is 127 Å². The lowest BCUT2D eigenvalue weighted by atomic mass is 9.91. The molecule has 0 bridgehead atoms. The first-order valence-corrected chi connectivity index (χ1v) is 15.5. The summed E-state index contributed by atoms with van der Waals surface area (Å²) in [6.07, 6.45) is -6.71. The Hall–Kier alpha value is -3.92. The van der Waals surface area contributed by atoms with Crippen molar-refractivity contribution >= 4 is 47.6 Å². The van der Waals surface area contributed by atoms with Crippen molar-refractivity contribution in [3.63, 3.8) is 0 Å². The van der Waals surface area contributed by atoms with Gasteiger partial charge in [0.05, 0.1) is 18.7 Å². The molecule has 3 unspecified atom stereocenters. The summed E-state index contributed by atoms with van der Waals surface area (Å²) in [7, 11) is 0. The summed E-state index contributed by atoms with van der Waals surface area (Å²) >= 11 is 0. The number of aliphatic carboxylic acids is 1. The average Bonchev–Trinajstić information content (AvgIpc) is 3.04. The number of nitrogens with zero attached hydrogens (tertiary/aromatic N) is 1. The number of likely N-dealkylation sites (tertiary alicyclic amines) is 1. The number of carboxylic acids is 1. The number of ketones is 1. The number of aliphatic hydroxyl groups excluding tert-OH is 3. The first-order chi connectivity index (χ1) is 22.8. The molecule has 20 nitrogen and oxygen atoms in total. The molecule has 0 aromatic rings. The van der Waals surface area contributed by atoms with E-state index in [-0.39, 0.29) is 19.3 Å². The van der Waals surface area contributed by atoms with Crippen LogP contribution in [0.15, 0.2) is 0 Å². The van der Waals surface area contributed by atoms with Gasteiger partial charge < -0.3 is 57.3 Å². The van der Waals surface area contributed by atoms with E-state index in [4.69, 9.17) is 20.9 Å². The van der Waals surface area contributed by atoms with Crippen molar-refractivity contribution in [2.45, 2.75) is 126 Å². The van der Waals surface area contributed by atoms with Crippen LogP contribution in [0.2, 0.25) is 0 Å². The minimum atomic E-state index is -2.36. The third-order valence-corrected chi connectivity index (χ3v) is 8.39. The highest BCUT2D eigenvalue weighted by Crippen LogP contribution is 2.24. The van der Waals surface area contributed by atoms with Gasteiger partial charge in [-0.05, 0) is 53.4 Å². The van der Waals surface area contributed by atoms with Crippen molar-refractivity contribution in [1.82, 2.24) is 20.9 Å². The second-order valence-corrected chi connectivity index (χ2v) is 12.1. The summed E-state index contributed by atoms with van der Waals surface area (Å²) in [4.78, 5) is 102. The van der Waals surface area contributed by atoms with Crippen LogP contribution < -0.4 is 27.4 Å². The van der Waals surface area contributed by atoms with Crippen LogP contribution >= 0.6 is 0 Å². The first-order valence-electron chi connectivity index (χ1n) is 15.5. The topological polar surface area (TPSA) is 327 Å². The van der Waals surface area contributed by atoms with Gasteiger partial charge in [0, 0.05) is 6.42 Å². The lowest BCUT2D eigenvalue weighted by molar-refractivity contribution is -0.261. The molecule has 2 aliphatic rings. The highest BCUT2D eigenvalue weighted by molar-refractivity contribution is 6.13. The maximum absolute atomic E-state index is 13.5. The van der Waals surface area contributed by atoms with E-state index in [9.17, 15) is 58.8 Å². The van der Waals surface area contributed by atoms with E-state index in [2.05, 4.69) is 16.0 Å². The third-order valence-electron chi connectivity index (χ3n) is 8.39.